The monoisotopic (exact) mass is 959 g/mol. The minimum absolute atomic E-state index is 0.107. The molecule has 0 aromatic carbocycles. The summed E-state index contributed by atoms with van der Waals surface area (Å²) in [4.78, 5) is 38.1. The lowest BCUT2D eigenvalue weighted by molar-refractivity contribution is -0.166. The maximum Gasteiger partial charge on any atom is 0.306 e. The molecular formula is C63H106O6. The molecule has 0 aliphatic heterocycles. The Morgan fingerprint density at radius 3 is 0.986 bits per heavy atom. The average Bonchev–Trinajstić information content (AvgIpc) is 3.35. The van der Waals surface area contributed by atoms with Gasteiger partial charge in [-0.3, -0.25) is 14.4 Å². The summed E-state index contributed by atoms with van der Waals surface area (Å²) in [5, 5.41) is 0. The molecule has 0 spiro atoms. The lowest BCUT2D eigenvalue weighted by Gasteiger charge is -2.18. The summed E-state index contributed by atoms with van der Waals surface area (Å²) < 4.78 is 16.8. The second-order valence-electron chi connectivity index (χ2n) is 18.8. The highest BCUT2D eigenvalue weighted by atomic mass is 16.6. The van der Waals surface area contributed by atoms with E-state index in [0.29, 0.717) is 19.3 Å². The van der Waals surface area contributed by atoms with Gasteiger partial charge in [0.2, 0.25) is 0 Å². The number of hydrogen-bond donors (Lipinski definition) is 0. The van der Waals surface area contributed by atoms with Crippen LogP contribution in [-0.4, -0.2) is 37.2 Å². The third kappa shape index (κ3) is 55.1. The molecule has 0 radical (unpaired) electrons. The first kappa shape index (κ1) is 65.3. The van der Waals surface area contributed by atoms with Crippen molar-refractivity contribution in [3.05, 3.63) is 97.2 Å². The Bertz CT molecular complexity index is 1380. The number of rotatable bonds is 51. The Morgan fingerprint density at radius 1 is 0.304 bits per heavy atom. The topological polar surface area (TPSA) is 78.9 Å². The van der Waals surface area contributed by atoms with Crippen molar-refractivity contribution < 1.29 is 28.6 Å². The molecule has 0 aromatic heterocycles. The second-order valence-corrected chi connectivity index (χ2v) is 18.8. The van der Waals surface area contributed by atoms with E-state index in [2.05, 4.69) is 112 Å². The van der Waals surface area contributed by atoms with Crippen molar-refractivity contribution in [3.63, 3.8) is 0 Å². The first-order valence-electron chi connectivity index (χ1n) is 28.7. The van der Waals surface area contributed by atoms with E-state index in [4.69, 9.17) is 14.2 Å². The van der Waals surface area contributed by atoms with Crippen LogP contribution in [-0.2, 0) is 28.6 Å². The lowest BCUT2D eigenvalue weighted by Crippen LogP contribution is -2.30. The van der Waals surface area contributed by atoms with Crippen LogP contribution in [0.15, 0.2) is 97.2 Å². The quantitative estimate of drug-likeness (QED) is 0.0262. The summed E-state index contributed by atoms with van der Waals surface area (Å²) in [5.41, 5.74) is 0. The van der Waals surface area contributed by atoms with Gasteiger partial charge >= 0.3 is 17.9 Å². The molecule has 1 unspecified atom stereocenters. The number of unbranched alkanes of at least 4 members (excludes halogenated alkanes) is 24. The zero-order valence-corrected chi connectivity index (χ0v) is 45.0. The van der Waals surface area contributed by atoms with Crippen LogP contribution in [0.5, 0.6) is 0 Å². The number of ether oxygens (including phenoxy) is 3. The third-order valence-electron chi connectivity index (χ3n) is 12.1. The molecule has 6 heteroatoms. The Labute approximate surface area is 426 Å². The first-order chi connectivity index (χ1) is 34.0. The fourth-order valence-electron chi connectivity index (χ4n) is 7.75. The maximum absolute atomic E-state index is 12.8. The largest absolute Gasteiger partial charge is 0.462 e. The second kappa shape index (κ2) is 56.9. The van der Waals surface area contributed by atoms with Gasteiger partial charge in [-0.2, -0.15) is 0 Å². The van der Waals surface area contributed by atoms with E-state index in [9.17, 15) is 14.4 Å². The highest BCUT2D eigenvalue weighted by Crippen LogP contribution is 2.14. The molecule has 0 N–H and O–H groups in total. The van der Waals surface area contributed by atoms with E-state index in [1.54, 1.807) is 0 Å². The van der Waals surface area contributed by atoms with Crippen molar-refractivity contribution >= 4 is 17.9 Å². The molecule has 0 fully saturated rings. The zero-order chi connectivity index (χ0) is 50.0. The normalized spacial score (nSPS) is 12.8. The minimum atomic E-state index is -0.815. The van der Waals surface area contributed by atoms with Gasteiger partial charge in [0.1, 0.15) is 13.2 Å². The van der Waals surface area contributed by atoms with Crippen LogP contribution in [0.25, 0.3) is 0 Å². The van der Waals surface area contributed by atoms with E-state index >= 15 is 0 Å². The molecule has 1 atom stereocenters. The smallest absolute Gasteiger partial charge is 0.306 e. The Morgan fingerprint density at radius 2 is 0.594 bits per heavy atom. The fraction of sp³-hybridized carbons (Fsp3) is 0.698. The average molecular weight is 960 g/mol. The Balaban J connectivity index is 4.41. The van der Waals surface area contributed by atoms with Crippen LogP contribution in [0.1, 0.15) is 265 Å². The van der Waals surface area contributed by atoms with Gasteiger partial charge in [0.05, 0.1) is 0 Å². The van der Waals surface area contributed by atoms with E-state index in [-0.39, 0.29) is 37.5 Å². The Hall–Kier alpha value is -3.67. The number of esters is 3. The van der Waals surface area contributed by atoms with Crippen LogP contribution in [0, 0.1) is 0 Å². The van der Waals surface area contributed by atoms with Gasteiger partial charge in [-0.05, 0) is 109 Å². The molecule has 0 saturated heterocycles. The van der Waals surface area contributed by atoms with Crippen molar-refractivity contribution in [1.29, 1.82) is 0 Å². The van der Waals surface area contributed by atoms with Crippen molar-refractivity contribution in [2.75, 3.05) is 13.2 Å². The van der Waals surface area contributed by atoms with Crippen molar-refractivity contribution in [3.8, 4) is 0 Å². The first-order valence-corrected chi connectivity index (χ1v) is 28.7. The molecule has 0 heterocycles. The third-order valence-corrected chi connectivity index (χ3v) is 12.1. The number of carbonyl (C=O) groups excluding carboxylic acids is 3. The van der Waals surface area contributed by atoms with Crippen LogP contribution in [0.2, 0.25) is 0 Å². The van der Waals surface area contributed by atoms with Gasteiger partial charge in [-0.1, -0.05) is 234 Å². The Kier molecular flexibility index (Phi) is 53.9. The van der Waals surface area contributed by atoms with Gasteiger partial charge in [-0.25, -0.2) is 0 Å². The molecule has 69 heavy (non-hydrogen) atoms. The van der Waals surface area contributed by atoms with E-state index < -0.39 is 6.10 Å². The molecule has 394 valence electrons. The molecule has 6 nitrogen and oxygen atoms in total. The summed E-state index contributed by atoms with van der Waals surface area (Å²) in [6, 6.07) is 0. The molecule has 0 aromatic rings. The molecule has 0 aliphatic rings. The fourth-order valence-corrected chi connectivity index (χ4v) is 7.75. The molecule has 0 bridgehead atoms. The highest BCUT2D eigenvalue weighted by Gasteiger charge is 2.19. The highest BCUT2D eigenvalue weighted by molar-refractivity contribution is 5.71. The number of carbonyl (C=O) groups is 3. The van der Waals surface area contributed by atoms with Crippen molar-refractivity contribution in [2.45, 2.75) is 271 Å². The summed E-state index contributed by atoms with van der Waals surface area (Å²) in [6.45, 7) is 6.43. The molecular weight excluding hydrogens is 853 g/mol. The van der Waals surface area contributed by atoms with Crippen LogP contribution >= 0.6 is 0 Å². The SMILES string of the molecule is CC/C=C\C/C=C\C/C=C\C/C=C\CCC(=O)OCC(COC(=O)CCCCCCCCCC/C=C\C/C=C\C/C=C\CCCCCCC)OC(=O)CCCCCCC/C=C\CCCCCCCC. The molecule has 0 amide bonds. The summed E-state index contributed by atoms with van der Waals surface area (Å²) in [6.07, 6.45) is 75.6. The molecule has 0 rings (SSSR count). The van der Waals surface area contributed by atoms with E-state index in [1.165, 1.54) is 122 Å². The molecule has 0 aliphatic carbocycles. The van der Waals surface area contributed by atoms with Crippen molar-refractivity contribution in [2.24, 2.45) is 0 Å². The minimum Gasteiger partial charge on any atom is -0.462 e. The van der Waals surface area contributed by atoms with Crippen LogP contribution in [0.4, 0.5) is 0 Å². The zero-order valence-electron chi connectivity index (χ0n) is 45.0. The van der Waals surface area contributed by atoms with E-state index in [0.717, 1.165) is 96.3 Å². The van der Waals surface area contributed by atoms with Gasteiger partial charge in [0.15, 0.2) is 6.10 Å². The van der Waals surface area contributed by atoms with Crippen LogP contribution in [0.3, 0.4) is 0 Å². The maximum atomic E-state index is 12.8. The summed E-state index contributed by atoms with van der Waals surface area (Å²) in [7, 11) is 0. The van der Waals surface area contributed by atoms with Crippen LogP contribution < -0.4 is 0 Å². The predicted octanol–water partition coefficient (Wildman–Crippen LogP) is 19.3. The van der Waals surface area contributed by atoms with Gasteiger partial charge < -0.3 is 14.2 Å². The standard InChI is InChI=1S/C63H106O6/c1-4-7-10-13-16-19-22-25-27-28-29-30-31-32-33-34-36-38-41-44-47-50-53-56-62(65)68-59-60(58-67-61(64)55-52-49-46-43-40-37-24-21-18-15-12-9-6-3)69-63(66)57-54-51-48-45-42-39-35-26-23-20-17-14-11-8-5-2/h9,12,18,21-22,25-26,28-29,31-32,35,37,40,46,49,60H,4-8,10-11,13-17,19-20,23-24,27,30,33-34,36,38-39,41-45,47-48,50-59H2,1-3H3/b12-9-,21-18-,25-22-,29-28-,32-31-,35-26-,40-37-,49-46-. The van der Waals surface area contributed by atoms with Gasteiger partial charge in [0, 0.05) is 19.3 Å². The summed E-state index contributed by atoms with van der Waals surface area (Å²) in [5.74, 6) is -1.01. The number of hydrogen-bond acceptors (Lipinski definition) is 6. The van der Waals surface area contributed by atoms with E-state index in [1.807, 2.05) is 6.08 Å². The number of allylic oxidation sites excluding steroid dienone is 16. The lowest BCUT2D eigenvalue weighted by atomic mass is 10.1. The molecule has 0 saturated carbocycles. The predicted molar refractivity (Wildman–Crippen MR) is 297 cm³/mol. The summed E-state index contributed by atoms with van der Waals surface area (Å²) >= 11 is 0. The van der Waals surface area contributed by atoms with Gasteiger partial charge in [0.25, 0.3) is 0 Å². The van der Waals surface area contributed by atoms with Crippen molar-refractivity contribution in [1.82, 2.24) is 0 Å². The van der Waals surface area contributed by atoms with Gasteiger partial charge in [-0.15, -0.1) is 0 Å².